The van der Waals surface area contributed by atoms with Crippen LogP contribution >= 0.6 is 22.6 Å². The fraction of sp³-hybridized carbons (Fsp3) is 0.357. The van der Waals surface area contributed by atoms with E-state index < -0.39 is 0 Å². The van der Waals surface area contributed by atoms with Crippen molar-refractivity contribution in [2.45, 2.75) is 33.1 Å². The van der Waals surface area contributed by atoms with E-state index in [0.29, 0.717) is 5.92 Å². The average Bonchev–Trinajstić information content (AvgIpc) is 2.27. The monoisotopic (exact) mass is 325 g/mol. The highest BCUT2D eigenvalue weighted by molar-refractivity contribution is 14.1. The van der Waals surface area contributed by atoms with Crippen molar-refractivity contribution in [2.75, 3.05) is 0 Å². The molecular weight excluding hydrogens is 309 g/mol. The number of halogens is 1. The SMILES string of the molecule is CCc1cc(C(C)C)nc2ccc(I)cc12. The molecule has 1 aromatic carbocycles. The third-order valence-electron chi connectivity index (χ3n) is 2.85. The molecule has 1 nitrogen and oxygen atoms in total. The first-order chi connectivity index (χ1) is 7.61. The molecule has 0 aliphatic carbocycles. The first-order valence-electron chi connectivity index (χ1n) is 5.71. The summed E-state index contributed by atoms with van der Waals surface area (Å²) in [5, 5.41) is 1.30. The summed E-state index contributed by atoms with van der Waals surface area (Å²) in [6.45, 7) is 6.60. The number of aromatic nitrogens is 1. The van der Waals surface area contributed by atoms with Gasteiger partial charge in [-0.3, -0.25) is 4.98 Å². The van der Waals surface area contributed by atoms with Crippen LogP contribution in [0.5, 0.6) is 0 Å². The zero-order chi connectivity index (χ0) is 11.7. The maximum atomic E-state index is 4.72. The molecule has 0 bridgehead atoms. The third-order valence-corrected chi connectivity index (χ3v) is 3.52. The van der Waals surface area contributed by atoms with Crippen LogP contribution in [0.1, 0.15) is 37.9 Å². The van der Waals surface area contributed by atoms with Gasteiger partial charge < -0.3 is 0 Å². The standard InChI is InChI=1S/C14H16IN/c1-4-10-7-14(9(2)3)16-13-6-5-11(15)8-12(10)13/h5-9H,4H2,1-3H3. The molecule has 2 rings (SSSR count). The van der Waals surface area contributed by atoms with Crippen LogP contribution in [0.4, 0.5) is 0 Å². The number of benzene rings is 1. The summed E-state index contributed by atoms with van der Waals surface area (Å²) in [4.78, 5) is 4.72. The summed E-state index contributed by atoms with van der Waals surface area (Å²) in [6.07, 6.45) is 1.07. The predicted molar refractivity (Wildman–Crippen MR) is 77.9 cm³/mol. The minimum absolute atomic E-state index is 0.494. The van der Waals surface area contributed by atoms with Crippen molar-refractivity contribution >= 4 is 33.5 Å². The van der Waals surface area contributed by atoms with E-state index in [2.05, 4.69) is 67.6 Å². The van der Waals surface area contributed by atoms with E-state index in [0.717, 1.165) is 11.9 Å². The summed E-state index contributed by atoms with van der Waals surface area (Å²) in [5.41, 5.74) is 3.74. The Morgan fingerprint density at radius 1 is 1.25 bits per heavy atom. The Bertz CT molecular complexity index is 517. The summed E-state index contributed by atoms with van der Waals surface area (Å²) in [7, 11) is 0. The van der Waals surface area contributed by atoms with Crippen LogP contribution in [0.2, 0.25) is 0 Å². The highest BCUT2D eigenvalue weighted by atomic mass is 127. The molecule has 2 heteroatoms. The Morgan fingerprint density at radius 3 is 2.62 bits per heavy atom. The number of hydrogen-bond donors (Lipinski definition) is 0. The highest BCUT2D eigenvalue weighted by Gasteiger charge is 2.07. The van der Waals surface area contributed by atoms with Crippen LogP contribution in [0.25, 0.3) is 10.9 Å². The molecule has 1 aromatic heterocycles. The number of pyridine rings is 1. The second kappa shape index (κ2) is 4.70. The zero-order valence-corrected chi connectivity index (χ0v) is 12.1. The number of fused-ring (bicyclic) bond motifs is 1. The lowest BCUT2D eigenvalue weighted by atomic mass is 10.0. The summed E-state index contributed by atoms with van der Waals surface area (Å²) in [6, 6.07) is 8.73. The van der Waals surface area contributed by atoms with Gasteiger partial charge in [-0.2, -0.15) is 0 Å². The molecular formula is C14H16IN. The van der Waals surface area contributed by atoms with Gasteiger partial charge in [0, 0.05) is 14.7 Å². The van der Waals surface area contributed by atoms with Crippen LogP contribution in [0, 0.1) is 3.57 Å². The highest BCUT2D eigenvalue weighted by Crippen LogP contribution is 2.24. The molecule has 0 aliphatic rings. The summed E-state index contributed by atoms with van der Waals surface area (Å²) < 4.78 is 1.28. The quantitative estimate of drug-likeness (QED) is 0.740. The molecule has 84 valence electrons. The molecule has 0 saturated carbocycles. The molecule has 0 spiro atoms. The van der Waals surface area contributed by atoms with Crippen LogP contribution in [0.15, 0.2) is 24.3 Å². The van der Waals surface area contributed by atoms with Crippen molar-refractivity contribution in [3.8, 4) is 0 Å². The predicted octanol–water partition coefficient (Wildman–Crippen LogP) is 4.53. The molecule has 0 saturated heterocycles. The molecule has 0 amide bonds. The first-order valence-corrected chi connectivity index (χ1v) is 6.78. The molecule has 2 aromatic rings. The number of aryl methyl sites for hydroxylation is 1. The van der Waals surface area contributed by atoms with E-state index in [1.807, 2.05) is 0 Å². The van der Waals surface area contributed by atoms with Gasteiger partial charge in [0.05, 0.1) is 5.52 Å². The lowest BCUT2D eigenvalue weighted by Crippen LogP contribution is -1.97. The molecule has 0 aliphatic heterocycles. The second-order valence-electron chi connectivity index (χ2n) is 4.38. The topological polar surface area (TPSA) is 12.9 Å². The van der Waals surface area contributed by atoms with E-state index in [4.69, 9.17) is 4.98 Å². The lowest BCUT2D eigenvalue weighted by Gasteiger charge is -2.10. The Kier molecular flexibility index (Phi) is 3.47. The van der Waals surface area contributed by atoms with E-state index in [1.54, 1.807) is 0 Å². The van der Waals surface area contributed by atoms with Gasteiger partial charge in [0.15, 0.2) is 0 Å². The van der Waals surface area contributed by atoms with Gasteiger partial charge in [-0.25, -0.2) is 0 Å². The Morgan fingerprint density at radius 2 is 2.00 bits per heavy atom. The number of nitrogens with zero attached hydrogens (tertiary/aromatic N) is 1. The normalized spacial score (nSPS) is 11.3. The summed E-state index contributed by atoms with van der Waals surface area (Å²) >= 11 is 2.36. The Hall–Kier alpha value is -0.640. The zero-order valence-electron chi connectivity index (χ0n) is 9.92. The fourth-order valence-electron chi connectivity index (χ4n) is 1.88. The second-order valence-corrected chi connectivity index (χ2v) is 5.62. The van der Waals surface area contributed by atoms with Crippen molar-refractivity contribution in [1.82, 2.24) is 4.98 Å². The maximum Gasteiger partial charge on any atom is 0.0708 e. The van der Waals surface area contributed by atoms with Crippen molar-refractivity contribution < 1.29 is 0 Å². The maximum absolute atomic E-state index is 4.72. The van der Waals surface area contributed by atoms with E-state index >= 15 is 0 Å². The van der Waals surface area contributed by atoms with Gasteiger partial charge >= 0.3 is 0 Å². The molecule has 0 unspecified atom stereocenters. The number of rotatable bonds is 2. The smallest absolute Gasteiger partial charge is 0.0708 e. The van der Waals surface area contributed by atoms with Gasteiger partial charge in [-0.05, 0) is 64.8 Å². The van der Waals surface area contributed by atoms with E-state index in [9.17, 15) is 0 Å². The van der Waals surface area contributed by atoms with Crippen LogP contribution in [-0.2, 0) is 6.42 Å². The Balaban J connectivity index is 2.73. The van der Waals surface area contributed by atoms with Crippen molar-refractivity contribution in [3.63, 3.8) is 0 Å². The van der Waals surface area contributed by atoms with Gasteiger partial charge in [-0.1, -0.05) is 20.8 Å². The molecule has 0 radical (unpaired) electrons. The van der Waals surface area contributed by atoms with Crippen LogP contribution in [0.3, 0.4) is 0 Å². The molecule has 0 N–H and O–H groups in total. The van der Waals surface area contributed by atoms with E-state index in [-0.39, 0.29) is 0 Å². The number of hydrogen-bond acceptors (Lipinski definition) is 1. The molecule has 16 heavy (non-hydrogen) atoms. The van der Waals surface area contributed by atoms with E-state index in [1.165, 1.54) is 20.2 Å². The van der Waals surface area contributed by atoms with Gasteiger partial charge in [0.25, 0.3) is 0 Å². The molecule has 0 atom stereocenters. The Labute approximate surface area is 110 Å². The van der Waals surface area contributed by atoms with Gasteiger partial charge in [-0.15, -0.1) is 0 Å². The largest absolute Gasteiger partial charge is 0.253 e. The molecule has 1 heterocycles. The van der Waals surface area contributed by atoms with Crippen LogP contribution < -0.4 is 0 Å². The van der Waals surface area contributed by atoms with Crippen molar-refractivity contribution in [2.24, 2.45) is 0 Å². The minimum atomic E-state index is 0.494. The lowest BCUT2D eigenvalue weighted by molar-refractivity contribution is 0.826. The van der Waals surface area contributed by atoms with Gasteiger partial charge in [0.1, 0.15) is 0 Å². The molecule has 0 fully saturated rings. The first kappa shape index (κ1) is 11.8. The van der Waals surface area contributed by atoms with Gasteiger partial charge in [0.2, 0.25) is 0 Å². The third kappa shape index (κ3) is 2.21. The van der Waals surface area contributed by atoms with Crippen LogP contribution in [-0.4, -0.2) is 4.98 Å². The fourth-order valence-corrected chi connectivity index (χ4v) is 2.37. The van der Waals surface area contributed by atoms with Crippen molar-refractivity contribution in [3.05, 3.63) is 39.1 Å². The summed E-state index contributed by atoms with van der Waals surface area (Å²) in [5.74, 6) is 0.494. The van der Waals surface area contributed by atoms with Crippen molar-refractivity contribution in [1.29, 1.82) is 0 Å². The minimum Gasteiger partial charge on any atom is -0.253 e. The average molecular weight is 325 g/mol.